The summed E-state index contributed by atoms with van der Waals surface area (Å²) in [5.41, 5.74) is 1.38. The predicted molar refractivity (Wildman–Crippen MR) is 92.2 cm³/mol. The predicted octanol–water partition coefficient (Wildman–Crippen LogP) is 1.70. The van der Waals surface area contributed by atoms with Gasteiger partial charge in [-0.3, -0.25) is 9.69 Å². The number of fused-ring (bicyclic) bond motifs is 1. The van der Waals surface area contributed by atoms with Crippen molar-refractivity contribution in [1.29, 1.82) is 0 Å². The maximum atomic E-state index is 12.3. The highest BCUT2D eigenvalue weighted by Crippen LogP contribution is 2.21. The molecule has 2 aliphatic heterocycles. The fourth-order valence-corrected chi connectivity index (χ4v) is 3.52. The number of rotatable bonds is 3. The molecule has 2 heterocycles. The minimum absolute atomic E-state index is 0.222. The molecule has 4 heteroatoms. The highest BCUT2D eigenvalue weighted by Gasteiger charge is 2.31. The van der Waals surface area contributed by atoms with Gasteiger partial charge in [0.1, 0.15) is 0 Å². The molecule has 0 aromatic heterocycles. The zero-order valence-electron chi connectivity index (χ0n) is 13.4. The highest BCUT2D eigenvalue weighted by atomic mass is 16.2. The van der Waals surface area contributed by atoms with Crippen LogP contribution in [0.25, 0.3) is 10.8 Å². The molecule has 23 heavy (non-hydrogen) atoms. The monoisotopic (exact) mass is 309 g/mol. The molecule has 0 bridgehead atoms. The number of benzene rings is 2. The van der Waals surface area contributed by atoms with Gasteiger partial charge in [0.15, 0.2) is 0 Å². The van der Waals surface area contributed by atoms with Gasteiger partial charge in [-0.2, -0.15) is 0 Å². The van der Waals surface area contributed by atoms with Crippen LogP contribution in [0.4, 0.5) is 0 Å². The van der Waals surface area contributed by atoms with Crippen molar-refractivity contribution in [2.24, 2.45) is 5.92 Å². The third kappa shape index (κ3) is 2.96. The smallest absolute Gasteiger partial charge is 0.228 e. The number of nitrogens with one attached hydrogen (secondary N) is 1. The van der Waals surface area contributed by atoms with Crippen molar-refractivity contribution in [2.75, 3.05) is 39.3 Å². The van der Waals surface area contributed by atoms with Crippen LogP contribution in [0, 0.1) is 5.92 Å². The first-order chi connectivity index (χ1) is 11.3. The number of nitrogens with zero attached hydrogens (tertiary/aromatic N) is 2. The summed E-state index contributed by atoms with van der Waals surface area (Å²) in [6.45, 7) is 6.34. The van der Waals surface area contributed by atoms with Gasteiger partial charge in [0.2, 0.25) is 5.91 Å². The van der Waals surface area contributed by atoms with Crippen LogP contribution in [0.3, 0.4) is 0 Å². The molecule has 0 atom stereocenters. The van der Waals surface area contributed by atoms with Crippen molar-refractivity contribution in [3.8, 4) is 0 Å². The number of hydrogen-bond donors (Lipinski definition) is 1. The molecule has 120 valence electrons. The van der Waals surface area contributed by atoms with Crippen LogP contribution in [0.1, 0.15) is 5.56 Å². The fraction of sp³-hybridized carbons (Fsp3) is 0.421. The largest absolute Gasteiger partial charge is 0.340 e. The fourth-order valence-electron chi connectivity index (χ4n) is 3.52. The molecule has 0 unspecified atom stereocenters. The second-order valence-electron chi connectivity index (χ2n) is 6.59. The first kappa shape index (κ1) is 14.7. The molecule has 1 N–H and O–H groups in total. The van der Waals surface area contributed by atoms with Crippen LogP contribution in [-0.4, -0.2) is 55.0 Å². The highest BCUT2D eigenvalue weighted by molar-refractivity contribution is 5.85. The standard InChI is InChI=1S/C19H23N3O/c23-19(17-12-20-13-17)22-10-8-21(9-11-22)14-16-6-3-5-15-4-1-2-7-18(15)16/h1-7,17,20H,8-14H2. The molecule has 2 aromatic rings. The summed E-state index contributed by atoms with van der Waals surface area (Å²) in [6, 6.07) is 15.1. The third-order valence-corrected chi connectivity index (χ3v) is 5.09. The molecular weight excluding hydrogens is 286 g/mol. The Balaban J connectivity index is 1.40. The summed E-state index contributed by atoms with van der Waals surface area (Å²) in [7, 11) is 0. The number of carbonyl (C=O) groups is 1. The lowest BCUT2D eigenvalue weighted by Gasteiger charge is -2.38. The van der Waals surface area contributed by atoms with Crippen LogP contribution >= 0.6 is 0 Å². The van der Waals surface area contributed by atoms with Gasteiger partial charge in [-0.25, -0.2) is 0 Å². The Labute approximate surface area is 137 Å². The average Bonchev–Trinajstić information content (AvgIpc) is 2.54. The van der Waals surface area contributed by atoms with E-state index in [1.54, 1.807) is 0 Å². The molecule has 2 aromatic carbocycles. The molecule has 0 spiro atoms. The van der Waals surface area contributed by atoms with Gasteiger partial charge in [-0.15, -0.1) is 0 Å². The van der Waals surface area contributed by atoms with Gasteiger partial charge in [0.25, 0.3) is 0 Å². The van der Waals surface area contributed by atoms with Gasteiger partial charge in [0.05, 0.1) is 5.92 Å². The Morgan fingerprint density at radius 2 is 1.74 bits per heavy atom. The van der Waals surface area contributed by atoms with Crippen LogP contribution in [0.5, 0.6) is 0 Å². The zero-order chi connectivity index (χ0) is 15.6. The molecule has 1 amide bonds. The van der Waals surface area contributed by atoms with Crippen LogP contribution in [-0.2, 0) is 11.3 Å². The molecule has 2 saturated heterocycles. The first-order valence-corrected chi connectivity index (χ1v) is 8.50. The van der Waals surface area contributed by atoms with Crippen molar-refractivity contribution in [1.82, 2.24) is 15.1 Å². The lowest BCUT2D eigenvalue weighted by Crippen LogP contribution is -2.56. The number of carbonyl (C=O) groups excluding carboxylic acids is 1. The van der Waals surface area contributed by atoms with Crippen molar-refractivity contribution >= 4 is 16.7 Å². The summed E-state index contributed by atoms with van der Waals surface area (Å²) in [5.74, 6) is 0.563. The maximum Gasteiger partial charge on any atom is 0.228 e. The molecule has 4 nitrogen and oxygen atoms in total. The van der Waals surface area contributed by atoms with Crippen LogP contribution < -0.4 is 5.32 Å². The van der Waals surface area contributed by atoms with Gasteiger partial charge < -0.3 is 10.2 Å². The van der Waals surface area contributed by atoms with E-state index in [1.807, 2.05) is 4.90 Å². The van der Waals surface area contributed by atoms with Gasteiger partial charge in [0, 0.05) is 45.8 Å². The average molecular weight is 309 g/mol. The summed E-state index contributed by atoms with van der Waals surface area (Å²) >= 11 is 0. The van der Waals surface area contributed by atoms with Gasteiger partial charge >= 0.3 is 0 Å². The molecule has 0 aliphatic carbocycles. The van der Waals surface area contributed by atoms with E-state index in [2.05, 4.69) is 52.7 Å². The summed E-state index contributed by atoms with van der Waals surface area (Å²) < 4.78 is 0. The SMILES string of the molecule is O=C(C1CNC1)N1CCN(Cc2cccc3ccccc23)CC1. The van der Waals surface area contributed by atoms with Crippen molar-refractivity contribution in [3.05, 3.63) is 48.0 Å². The van der Waals surface area contributed by atoms with Crippen molar-refractivity contribution in [3.63, 3.8) is 0 Å². The van der Waals surface area contributed by atoms with E-state index >= 15 is 0 Å². The van der Waals surface area contributed by atoms with E-state index in [-0.39, 0.29) is 5.92 Å². The minimum Gasteiger partial charge on any atom is -0.340 e. The van der Waals surface area contributed by atoms with Crippen molar-refractivity contribution in [2.45, 2.75) is 6.54 Å². The minimum atomic E-state index is 0.222. The topological polar surface area (TPSA) is 35.6 Å². The Bertz CT molecular complexity index is 697. The van der Waals surface area contributed by atoms with E-state index in [4.69, 9.17) is 0 Å². The zero-order valence-corrected chi connectivity index (χ0v) is 13.4. The summed E-state index contributed by atoms with van der Waals surface area (Å²) in [6.07, 6.45) is 0. The van der Waals surface area contributed by atoms with E-state index in [0.29, 0.717) is 5.91 Å². The Morgan fingerprint density at radius 3 is 2.48 bits per heavy atom. The number of hydrogen-bond acceptors (Lipinski definition) is 3. The van der Waals surface area contributed by atoms with Gasteiger partial charge in [-0.05, 0) is 16.3 Å². The quantitative estimate of drug-likeness (QED) is 0.937. The summed E-state index contributed by atoms with van der Waals surface area (Å²) in [4.78, 5) is 16.8. The molecule has 2 fully saturated rings. The lowest BCUT2D eigenvalue weighted by atomic mass is 10.0. The van der Waals surface area contributed by atoms with Crippen LogP contribution in [0.2, 0.25) is 0 Å². The Hall–Kier alpha value is -1.91. The van der Waals surface area contributed by atoms with E-state index in [1.165, 1.54) is 16.3 Å². The molecule has 0 saturated carbocycles. The van der Waals surface area contributed by atoms with E-state index < -0.39 is 0 Å². The Morgan fingerprint density at radius 1 is 1.00 bits per heavy atom. The van der Waals surface area contributed by atoms with E-state index in [0.717, 1.165) is 45.8 Å². The first-order valence-electron chi connectivity index (χ1n) is 8.50. The molecular formula is C19H23N3O. The van der Waals surface area contributed by atoms with E-state index in [9.17, 15) is 4.79 Å². The van der Waals surface area contributed by atoms with Crippen molar-refractivity contribution < 1.29 is 4.79 Å². The van der Waals surface area contributed by atoms with Gasteiger partial charge in [-0.1, -0.05) is 42.5 Å². The number of amides is 1. The van der Waals surface area contributed by atoms with Crippen LogP contribution in [0.15, 0.2) is 42.5 Å². The maximum absolute atomic E-state index is 12.3. The normalized spacial score (nSPS) is 19.7. The summed E-state index contributed by atoms with van der Waals surface area (Å²) in [5, 5.41) is 5.83. The second kappa shape index (κ2) is 6.30. The molecule has 4 rings (SSSR count). The second-order valence-corrected chi connectivity index (χ2v) is 6.59. The Kier molecular flexibility index (Phi) is 4.02. The third-order valence-electron chi connectivity index (χ3n) is 5.09. The lowest BCUT2D eigenvalue weighted by molar-refractivity contribution is -0.138. The number of piperazine rings is 1. The molecule has 2 aliphatic rings. The molecule has 0 radical (unpaired) electrons.